The minimum Gasteiger partial charge on any atom is -0.394 e. The predicted molar refractivity (Wildman–Crippen MR) is 115 cm³/mol. The molecule has 8 nitrogen and oxygen atoms in total. The lowest BCUT2D eigenvalue weighted by molar-refractivity contribution is -0.178. The molecule has 3 aromatic rings. The molecule has 15 heteroatoms. The average Bonchev–Trinajstić information content (AvgIpc) is 3.42. The van der Waals surface area contributed by atoms with Crippen molar-refractivity contribution in [3.05, 3.63) is 45.5 Å². The monoisotopic (exact) mass is 542 g/mol. The molecule has 3 unspecified atom stereocenters. The number of aliphatic hydroxyl groups excluding tert-OH is 3. The smallest absolute Gasteiger partial charge is 0.394 e. The van der Waals surface area contributed by atoms with Crippen LogP contribution in [0.4, 0.5) is 13.2 Å². The highest BCUT2D eigenvalue weighted by atomic mass is 35.5. The minimum atomic E-state index is -4.60. The Morgan fingerprint density at radius 1 is 1.18 bits per heavy atom. The zero-order chi connectivity index (χ0) is 23.9. The Balaban J connectivity index is 1.60. The van der Waals surface area contributed by atoms with E-state index < -0.39 is 48.3 Å². The number of nitrogens with zero attached hydrogens (tertiary/aromatic N) is 4. The summed E-state index contributed by atoms with van der Waals surface area (Å²) in [5, 5.41) is 40.5. The van der Waals surface area contributed by atoms with E-state index in [1.165, 1.54) is 6.20 Å². The fourth-order valence-corrected chi connectivity index (χ4v) is 5.44. The summed E-state index contributed by atoms with van der Waals surface area (Å²) in [4.78, 5) is 4.14. The maximum Gasteiger partial charge on any atom is 0.434 e. The Bertz CT molecular complexity index is 1130. The zero-order valence-corrected chi connectivity index (χ0v) is 19.4. The Labute approximate surface area is 202 Å². The fourth-order valence-electron chi connectivity index (χ4n) is 3.20. The van der Waals surface area contributed by atoms with Crippen molar-refractivity contribution in [1.82, 2.24) is 20.0 Å². The molecule has 33 heavy (non-hydrogen) atoms. The maximum absolute atomic E-state index is 12.8. The molecule has 0 spiro atoms. The molecule has 1 aliphatic rings. The number of hydrogen-bond acceptors (Lipinski definition) is 9. The third-order valence-electron chi connectivity index (χ3n) is 4.82. The van der Waals surface area contributed by atoms with Crippen LogP contribution in [0.1, 0.15) is 11.7 Å². The lowest BCUT2D eigenvalue weighted by Gasteiger charge is -2.41. The first-order valence-corrected chi connectivity index (χ1v) is 11.8. The number of thioether (sulfide) groups is 1. The first-order valence-electron chi connectivity index (χ1n) is 9.27. The number of halogens is 5. The second-order valence-corrected chi connectivity index (χ2v) is 9.85. The summed E-state index contributed by atoms with van der Waals surface area (Å²) in [5.74, 6) is 0. The SMILES string of the molecule is OCC1O[C@H](Sc2ccc(Cl)c(Cl)c2)C(O)C(n2cc(-c3nc(C(F)(F)F)cs3)nn2)[C@H]1O. The van der Waals surface area contributed by atoms with Crippen molar-refractivity contribution < 1.29 is 33.2 Å². The van der Waals surface area contributed by atoms with Gasteiger partial charge in [-0.25, -0.2) is 9.67 Å². The molecule has 4 rings (SSSR count). The first kappa shape index (κ1) is 24.7. The van der Waals surface area contributed by atoms with Gasteiger partial charge in [0.2, 0.25) is 0 Å². The lowest BCUT2D eigenvalue weighted by Crippen LogP contribution is -2.55. The topological polar surface area (TPSA) is 114 Å². The van der Waals surface area contributed by atoms with E-state index in [0.717, 1.165) is 33.2 Å². The van der Waals surface area contributed by atoms with E-state index in [1.807, 2.05) is 0 Å². The van der Waals surface area contributed by atoms with Gasteiger partial charge in [-0.05, 0) is 18.2 Å². The quantitative estimate of drug-likeness (QED) is 0.449. The molecule has 1 fully saturated rings. The van der Waals surface area contributed by atoms with Crippen molar-refractivity contribution in [2.75, 3.05) is 6.61 Å². The molecule has 2 aromatic heterocycles. The van der Waals surface area contributed by atoms with Gasteiger partial charge in [-0.2, -0.15) is 13.2 Å². The van der Waals surface area contributed by atoms with Crippen molar-refractivity contribution in [2.24, 2.45) is 0 Å². The van der Waals surface area contributed by atoms with Crippen LogP contribution in [0.15, 0.2) is 34.7 Å². The molecule has 3 N–H and O–H groups in total. The van der Waals surface area contributed by atoms with Gasteiger partial charge >= 0.3 is 6.18 Å². The second kappa shape index (κ2) is 9.66. The van der Waals surface area contributed by atoms with Crippen LogP contribution in [0.5, 0.6) is 0 Å². The summed E-state index contributed by atoms with van der Waals surface area (Å²) >= 11 is 13.8. The normalized spacial score (nSPS) is 26.0. The molecular formula is C18H15Cl2F3N4O4S2. The van der Waals surface area contributed by atoms with Crippen molar-refractivity contribution in [2.45, 2.75) is 40.9 Å². The van der Waals surface area contributed by atoms with Gasteiger partial charge in [-0.1, -0.05) is 40.2 Å². The van der Waals surface area contributed by atoms with Crippen molar-refractivity contribution in [1.29, 1.82) is 0 Å². The van der Waals surface area contributed by atoms with E-state index in [4.69, 9.17) is 27.9 Å². The van der Waals surface area contributed by atoms with Crippen LogP contribution in [-0.4, -0.2) is 65.7 Å². The van der Waals surface area contributed by atoms with Gasteiger partial charge in [0.15, 0.2) is 5.69 Å². The number of benzene rings is 1. The summed E-state index contributed by atoms with van der Waals surface area (Å²) < 4.78 is 45.3. The highest BCUT2D eigenvalue weighted by molar-refractivity contribution is 7.99. The molecule has 5 atom stereocenters. The van der Waals surface area contributed by atoms with Gasteiger partial charge in [0.25, 0.3) is 0 Å². The molecule has 1 aliphatic heterocycles. The molecular weight excluding hydrogens is 528 g/mol. The van der Waals surface area contributed by atoms with Crippen LogP contribution in [0.25, 0.3) is 10.7 Å². The molecule has 1 saturated heterocycles. The first-order chi connectivity index (χ1) is 15.6. The van der Waals surface area contributed by atoms with Gasteiger partial charge in [0, 0.05) is 10.3 Å². The van der Waals surface area contributed by atoms with E-state index in [2.05, 4.69) is 15.3 Å². The van der Waals surface area contributed by atoms with Crippen LogP contribution >= 0.6 is 46.3 Å². The van der Waals surface area contributed by atoms with Crippen molar-refractivity contribution >= 4 is 46.3 Å². The Morgan fingerprint density at radius 2 is 1.94 bits per heavy atom. The largest absolute Gasteiger partial charge is 0.434 e. The van der Waals surface area contributed by atoms with E-state index in [9.17, 15) is 28.5 Å². The minimum absolute atomic E-state index is 0.0231. The number of thiazole rings is 1. The summed E-state index contributed by atoms with van der Waals surface area (Å²) in [5.41, 5.74) is -1.96. The van der Waals surface area contributed by atoms with Crippen LogP contribution in [0.2, 0.25) is 10.0 Å². The Kier molecular flexibility index (Phi) is 7.22. The molecule has 1 aromatic carbocycles. The van der Waals surface area contributed by atoms with E-state index in [-0.39, 0.29) is 10.7 Å². The van der Waals surface area contributed by atoms with Gasteiger partial charge in [0.05, 0.1) is 22.8 Å². The zero-order valence-electron chi connectivity index (χ0n) is 16.2. The molecule has 0 aliphatic carbocycles. The molecule has 0 bridgehead atoms. The maximum atomic E-state index is 12.8. The molecule has 3 heterocycles. The summed E-state index contributed by atoms with van der Waals surface area (Å²) in [6.07, 6.45) is -7.10. The Morgan fingerprint density at radius 3 is 2.58 bits per heavy atom. The number of aromatic nitrogens is 4. The molecule has 178 valence electrons. The third kappa shape index (κ3) is 5.15. The standard InChI is InChI=1S/C18H15Cl2F3N4O4S2/c19-8-2-1-7(3-9(8)20)33-17-15(30)13(14(29)11(5-28)31-17)27-4-10(25-26-27)16-24-12(6-32-16)18(21,22)23/h1-4,6,11,13-15,17,28-30H,5H2/t11?,13?,14-,15?,17+/m0/s1. The number of alkyl halides is 3. The molecule has 0 saturated carbocycles. The second-order valence-electron chi connectivity index (χ2n) is 7.01. The number of hydrogen-bond donors (Lipinski definition) is 3. The van der Waals surface area contributed by atoms with E-state index >= 15 is 0 Å². The summed E-state index contributed by atoms with van der Waals surface area (Å²) in [6, 6.07) is 3.70. The van der Waals surface area contributed by atoms with Crippen LogP contribution in [0, 0.1) is 0 Å². The molecule has 0 radical (unpaired) electrons. The summed E-state index contributed by atoms with van der Waals surface area (Å²) in [7, 11) is 0. The Hall–Kier alpha value is -1.45. The highest BCUT2D eigenvalue weighted by Gasteiger charge is 2.46. The van der Waals surface area contributed by atoms with Gasteiger partial charge < -0.3 is 20.1 Å². The van der Waals surface area contributed by atoms with Crippen molar-refractivity contribution in [3.8, 4) is 10.7 Å². The lowest BCUT2D eigenvalue weighted by atomic mass is 9.97. The number of aliphatic hydroxyl groups is 3. The van der Waals surface area contributed by atoms with Gasteiger partial charge in [-0.3, -0.25) is 0 Å². The van der Waals surface area contributed by atoms with E-state index in [0.29, 0.717) is 14.9 Å². The third-order valence-corrected chi connectivity index (χ3v) is 7.57. The van der Waals surface area contributed by atoms with Crippen LogP contribution in [-0.2, 0) is 10.9 Å². The van der Waals surface area contributed by atoms with Gasteiger partial charge in [-0.15, -0.1) is 16.4 Å². The van der Waals surface area contributed by atoms with E-state index in [1.54, 1.807) is 18.2 Å². The summed E-state index contributed by atoms with van der Waals surface area (Å²) in [6.45, 7) is -0.550. The average molecular weight is 543 g/mol. The fraction of sp³-hybridized carbons (Fsp3) is 0.389. The van der Waals surface area contributed by atoms with Crippen molar-refractivity contribution in [3.63, 3.8) is 0 Å². The molecule has 0 amide bonds. The van der Waals surface area contributed by atoms with Gasteiger partial charge in [0.1, 0.15) is 40.5 Å². The van der Waals surface area contributed by atoms with Crippen LogP contribution in [0.3, 0.4) is 0 Å². The number of rotatable bonds is 5. The highest BCUT2D eigenvalue weighted by Crippen LogP contribution is 2.40. The number of ether oxygens (including phenoxy) is 1. The predicted octanol–water partition coefficient (Wildman–Crippen LogP) is 3.50. The van der Waals surface area contributed by atoms with Crippen LogP contribution < -0.4 is 0 Å².